The van der Waals surface area contributed by atoms with E-state index in [4.69, 9.17) is 15.9 Å². The van der Waals surface area contributed by atoms with Crippen LogP contribution < -0.4 is 27.0 Å². The number of benzene rings is 3. The molecule has 0 fully saturated rings. The summed E-state index contributed by atoms with van der Waals surface area (Å²) in [5, 5.41) is 38.8. The second-order valence-corrected chi connectivity index (χ2v) is 9.85. The van der Waals surface area contributed by atoms with Crippen molar-refractivity contribution in [2.75, 3.05) is 19.8 Å². The van der Waals surface area contributed by atoms with E-state index in [0.717, 1.165) is 21.9 Å². The molecule has 0 heterocycles. The number of hydrogen-bond acceptors (Lipinski definition) is 8. The molecule has 43 heavy (non-hydrogen) atoms. The number of nitrogens with two attached hydrogens (primary N) is 1. The fourth-order valence-electron chi connectivity index (χ4n) is 4.24. The highest BCUT2D eigenvalue weighted by molar-refractivity contribution is 5.94. The molecule has 3 aromatic rings. The van der Waals surface area contributed by atoms with E-state index in [-0.39, 0.29) is 12.8 Å². The van der Waals surface area contributed by atoms with Gasteiger partial charge in [-0.05, 0) is 28.3 Å². The first-order valence-corrected chi connectivity index (χ1v) is 13.5. The van der Waals surface area contributed by atoms with Gasteiger partial charge in [0.2, 0.25) is 23.6 Å². The standard InChI is InChI=1S/C30H35N5O8/c31-22(13-19-10-11-20-8-4-5-9-21(20)12-19)27(39)34-23(14-18-6-2-1-3-7-18)28(40)32-15-26(38)33-24(16-36)29(41)35-25(17-37)30(42)43/h1-12,22-25,36-37H,13-17,31H2,(H,32,40)(H,33,38)(H,34,39)(H,35,41)(H,42,43)/t22-,23-,24-,25-/m1/s1. The smallest absolute Gasteiger partial charge is 0.328 e. The van der Waals surface area contributed by atoms with Gasteiger partial charge >= 0.3 is 5.97 Å². The summed E-state index contributed by atoms with van der Waals surface area (Å²) < 4.78 is 0. The quantitative estimate of drug-likeness (QED) is 0.104. The number of rotatable bonds is 15. The number of nitrogens with one attached hydrogen (secondary N) is 4. The van der Waals surface area contributed by atoms with Crippen LogP contribution in [0.1, 0.15) is 11.1 Å². The summed E-state index contributed by atoms with van der Waals surface area (Å²) in [5.41, 5.74) is 7.78. The molecule has 13 nitrogen and oxygen atoms in total. The fraction of sp³-hybridized carbons (Fsp3) is 0.300. The van der Waals surface area contributed by atoms with Gasteiger partial charge < -0.3 is 42.3 Å². The lowest BCUT2D eigenvalue weighted by molar-refractivity contribution is -0.143. The number of amides is 4. The van der Waals surface area contributed by atoms with E-state index < -0.39 is 73.5 Å². The Morgan fingerprint density at radius 1 is 0.651 bits per heavy atom. The molecule has 4 amide bonds. The number of aliphatic hydroxyl groups excluding tert-OH is 2. The van der Waals surface area contributed by atoms with Crippen LogP contribution in [0.25, 0.3) is 10.8 Å². The van der Waals surface area contributed by atoms with Crippen LogP contribution in [0.15, 0.2) is 72.8 Å². The summed E-state index contributed by atoms with van der Waals surface area (Å²) in [4.78, 5) is 61.8. The first kappa shape index (κ1) is 32.7. The minimum atomic E-state index is -1.63. The van der Waals surface area contributed by atoms with Crippen molar-refractivity contribution in [2.24, 2.45) is 5.73 Å². The Hall–Kier alpha value is -4.85. The number of carbonyl (C=O) groups excluding carboxylic acids is 4. The first-order valence-electron chi connectivity index (χ1n) is 13.5. The maximum absolute atomic E-state index is 13.1. The first-order chi connectivity index (χ1) is 20.6. The Balaban J connectivity index is 1.62. The molecule has 0 saturated heterocycles. The summed E-state index contributed by atoms with van der Waals surface area (Å²) in [6.07, 6.45) is 0.324. The van der Waals surface area contributed by atoms with Gasteiger partial charge in [0.1, 0.15) is 18.1 Å². The highest BCUT2D eigenvalue weighted by atomic mass is 16.4. The minimum Gasteiger partial charge on any atom is -0.480 e. The fourth-order valence-corrected chi connectivity index (χ4v) is 4.24. The summed E-state index contributed by atoms with van der Waals surface area (Å²) in [6.45, 7) is -2.38. The van der Waals surface area contributed by atoms with Gasteiger partial charge in [-0.25, -0.2) is 4.79 Å². The third-order valence-electron chi connectivity index (χ3n) is 6.58. The summed E-state index contributed by atoms with van der Waals surface area (Å²) in [5.74, 6) is -4.67. The van der Waals surface area contributed by atoms with Crippen LogP contribution in [0.3, 0.4) is 0 Å². The molecule has 228 valence electrons. The SMILES string of the molecule is N[C@H](Cc1ccc2ccccc2c1)C(=O)N[C@H](Cc1ccccc1)C(=O)NCC(=O)N[C@H](CO)C(=O)N[C@H](CO)C(=O)O. The van der Waals surface area contributed by atoms with Gasteiger partial charge in [-0.2, -0.15) is 0 Å². The second kappa shape index (κ2) is 16.0. The van der Waals surface area contributed by atoms with Crippen molar-refractivity contribution in [3.63, 3.8) is 0 Å². The van der Waals surface area contributed by atoms with Crippen LogP contribution in [0.5, 0.6) is 0 Å². The summed E-state index contributed by atoms with van der Waals surface area (Å²) in [6, 6.07) is 17.2. The van der Waals surface area contributed by atoms with Crippen LogP contribution >= 0.6 is 0 Å². The Morgan fingerprint density at radius 3 is 1.93 bits per heavy atom. The molecule has 0 spiro atoms. The molecule has 0 unspecified atom stereocenters. The highest BCUT2D eigenvalue weighted by Crippen LogP contribution is 2.16. The van der Waals surface area contributed by atoms with E-state index in [1.807, 2.05) is 47.8 Å². The largest absolute Gasteiger partial charge is 0.480 e. The van der Waals surface area contributed by atoms with Gasteiger partial charge in [-0.1, -0.05) is 72.8 Å². The minimum absolute atomic E-state index is 0.0993. The number of aliphatic hydroxyl groups is 2. The molecule has 13 heteroatoms. The van der Waals surface area contributed by atoms with Crippen molar-refractivity contribution >= 4 is 40.4 Å². The number of fused-ring (bicyclic) bond motifs is 1. The molecule has 0 aromatic heterocycles. The van der Waals surface area contributed by atoms with Gasteiger partial charge in [0.05, 0.1) is 25.8 Å². The predicted octanol–water partition coefficient (Wildman–Crippen LogP) is -1.41. The monoisotopic (exact) mass is 593 g/mol. The van der Waals surface area contributed by atoms with E-state index in [2.05, 4.69) is 16.0 Å². The summed E-state index contributed by atoms with van der Waals surface area (Å²) >= 11 is 0. The van der Waals surface area contributed by atoms with Crippen LogP contribution in [-0.4, -0.2) is 88.8 Å². The summed E-state index contributed by atoms with van der Waals surface area (Å²) in [7, 11) is 0. The number of carbonyl (C=O) groups is 5. The molecule has 0 aliphatic carbocycles. The zero-order valence-corrected chi connectivity index (χ0v) is 23.2. The van der Waals surface area contributed by atoms with Crippen molar-refractivity contribution in [1.82, 2.24) is 21.3 Å². The maximum atomic E-state index is 13.1. The Morgan fingerprint density at radius 2 is 1.28 bits per heavy atom. The molecule has 0 aliphatic heterocycles. The van der Waals surface area contributed by atoms with E-state index in [1.165, 1.54) is 0 Å². The van der Waals surface area contributed by atoms with Crippen LogP contribution in [0.2, 0.25) is 0 Å². The normalized spacial score (nSPS) is 13.7. The van der Waals surface area contributed by atoms with Gasteiger partial charge in [-0.3, -0.25) is 19.2 Å². The maximum Gasteiger partial charge on any atom is 0.328 e. The predicted molar refractivity (Wildman–Crippen MR) is 156 cm³/mol. The number of carboxylic acids is 1. The number of carboxylic acid groups (broad SMARTS) is 1. The molecule has 3 rings (SSSR count). The van der Waals surface area contributed by atoms with Crippen LogP contribution in [0.4, 0.5) is 0 Å². The molecular weight excluding hydrogens is 558 g/mol. The second-order valence-electron chi connectivity index (χ2n) is 9.85. The lowest BCUT2D eigenvalue weighted by Gasteiger charge is -2.22. The van der Waals surface area contributed by atoms with Gasteiger partial charge in [0, 0.05) is 6.42 Å². The number of aliphatic carboxylic acids is 1. The van der Waals surface area contributed by atoms with Gasteiger partial charge in [0.15, 0.2) is 0 Å². The highest BCUT2D eigenvalue weighted by Gasteiger charge is 2.27. The van der Waals surface area contributed by atoms with Crippen molar-refractivity contribution in [3.8, 4) is 0 Å². The molecule has 0 saturated carbocycles. The van der Waals surface area contributed by atoms with Crippen LogP contribution in [-0.2, 0) is 36.8 Å². The van der Waals surface area contributed by atoms with E-state index in [9.17, 15) is 29.1 Å². The van der Waals surface area contributed by atoms with Crippen molar-refractivity contribution in [3.05, 3.63) is 83.9 Å². The lowest BCUT2D eigenvalue weighted by Crippen LogP contribution is -2.56. The molecule has 0 bridgehead atoms. The third-order valence-corrected chi connectivity index (χ3v) is 6.58. The lowest BCUT2D eigenvalue weighted by atomic mass is 10.0. The van der Waals surface area contributed by atoms with E-state index in [1.54, 1.807) is 30.3 Å². The van der Waals surface area contributed by atoms with Gasteiger partial charge in [-0.15, -0.1) is 0 Å². The topological polar surface area (TPSA) is 220 Å². The Kier molecular flexibility index (Phi) is 12.1. The van der Waals surface area contributed by atoms with E-state index in [0.29, 0.717) is 0 Å². The average molecular weight is 594 g/mol. The number of hydrogen-bond donors (Lipinski definition) is 8. The molecule has 3 aromatic carbocycles. The molecule has 0 aliphatic rings. The van der Waals surface area contributed by atoms with Crippen molar-refractivity contribution in [2.45, 2.75) is 37.0 Å². The van der Waals surface area contributed by atoms with Crippen molar-refractivity contribution < 1.29 is 39.3 Å². The third kappa shape index (κ3) is 9.88. The zero-order chi connectivity index (χ0) is 31.4. The molecular formula is C30H35N5O8. The Bertz CT molecular complexity index is 1430. The average Bonchev–Trinajstić information content (AvgIpc) is 3.00. The molecule has 9 N–H and O–H groups in total. The van der Waals surface area contributed by atoms with Gasteiger partial charge in [0.25, 0.3) is 0 Å². The van der Waals surface area contributed by atoms with E-state index >= 15 is 0 Å². The zero-order valence-electron chi connectivity index (χ0n) is 23.2. The Labute approximate surface area is 247 Å². The van der Waals surface area contributed by atoms with Crippen LogP contribution in [0, 0.1) is 0 Å². The molecule has 0 radical (unpaired) electrons. The van der Waals surface area contributed by atoms with Crippen molar-refractivity contribution in [1.29, 1.82) is 0 Å². The molecule has 4 atom stereocenters.